The standard InChI is InChI=1S/C21H29NO4/c1-3-5-7-9-11-13-25-20(23)18-15-19(17-22-16-18)21(24)26-14-12-10-8-6-4-2/h3-6,15-17H,7-14H2,1-2H3/b5-3+,6-4+. The number of esters is 2. The molecule has 0 spiro atoms. The van der Waals surface area contributed by atoms with E-state index in [4.69, 9.17) is 9.47 Å². The van der Waals surface area contributed by atoms with Crippen molar-refractivity contribution in [2.75, 3.05) is 13.2 Å². The quantitative estimate of drug-likeness (QED) is 0.302. The molecule has 0 amide bonds. The summed E-state index contributed by atoms with van der Waals surface area (Å²) in [4.78, 5) is 28.0. The first-order valence-corrected chi connectivity index (χ1v) is 9.20. The maximum atomic E-state index is 12.0. The number of aromatic nitrogens is 1. The van der Waals surface area contributed by atoms with Gasteiger partial charge in [0.25, 0.3) is 0 Å². The average molecular weight is 359 g/mol. The van der Waals surface area contributed by atoms with Crippen molar-refractivity contribution in [1.82, 2.24) is 4.98 Å². The Morgan fingerprint density at radius 1 is 0.846 bits per heavy atom. The van der Waals surface area contributed by atoms with Crippen LogP contribution in [0.3, 0.4) is 0 Å². The van der Waals surface area contributed by atoms with Gasteiger partial charge >= 0.3 is 11.9 Å². The van der Waals surface area contributed by atoms with E-state index >= 15 is 0 Å². The third kappa shape index (κ3) is 9.16. The molecule has 0 N–H and O–H groups in total. The number of ether oxygens (including phenoxy) is 2. The summed E-state index contributed by atoms with van der Waals surface area (Å²) in [6.07, 6.45) is 16.5. The van der Waals surface area contributed by atoms with Gasteiger partial charge in [0.05, 0.1) is 24.3 Å². The smallest absolute Gasteiger partial charge is 0.339 e. The van der Waals surface area contributed by atoms with Crippen molar-refractivity contribution >= 4 is 11.9 Å². The highest BCUT2D eigenvalue weighted by atomic mass is 16.5. The number of hydrogen-bond acceptors (Lipinski definition) is 5. The van der Waals surface area contributed by atoms with E-state index in [0.717, 1.165) is 38.5 Å². The van der Waals surface area contributed by atoms with E-state index in [1.807, 2.05) is 26.0 Å². The maximum Gasteiger partial charge on any atom is 0.339 e. The Morgan fingerprint density at radius 2 is 1.31 bits per heavy atom. The molecule has 1 aromatic heterocycles. The zero-order valence-electron chi connectivity index (χ0n) is 15.8. The fraction of sp³-hybridized carbons (Fsp3) is 0.476. The number of rotatable bonds is 12. The highest BCUT2D eigenvalue weighted by molar-refractivity contribution is 5.94. The average Bonchev–Trinajstić information content (AvgIpc) is 2.67. The molecule has 5 nitrogen and oxygen atoms in total. The van der Waals surface area contributed by atoms with Gasteiger partial charge < -0.3 is 9.47 Å². The largest absolute Gasteiger partial charge is 0.462 e. The lowest BCUT2D eigenvalue weighted by Gasteiger charge is -2.07. The van der Waals surface area contributed by atoms with Gasteiger partial charge in [0.1, 0.15) is 0 Å². The van der Waals surface area contributed by atoms with Gasteiger partial charge in [-0.2, -0.15) is 0 Å². The first kappa shape index (κ1) is 21.6. The van der Waals surface area contributed by atoms with Gasteiger partial charge in [0, 0.05) is 12.4 Å². The van der Waals surface area contributed by atoms with Crippen LogP contribution < -0.4 is 0 Å². The molecule has 0 atom stereocenters. The van der Waals surface area contributed by atoms with Crippen LogP contribution in [0.2, 0.25) is 0 Å². The van der Waals surface area contributed by atoms with Crippen molar-refractivity contribution in [3.63, 3.8) is 0 Å². The molecule has 0 radical (unpaired) electrons. The van der Waals surface area contributed by atoms with Crippen molar-refractivity contribution in [3.8, 4) is 0 Å². The van der Waals surface area contributed by atoms with Crippen LogP contribution in [-0.2, 0) is 9.47 Å². The minimum absolute atomic E-state index is 0.265. The fourth-order valence-electron chi connectivity index (χ4n) is 2.22. The van der Waals surface area contributed by atoms with E-state index in [-0.39, 0.29) is 11.1 Å². The first-order valence-electron chi connectivity index (χ1n) is 9.20. The zero-order valence-corrected chi connectivity index (χ0v) is 15.8. The number of carbonyl (C=O) groups excluding carboxylic acids is 2. The Morgan fingerprint density at radius 3 is 1.73 bits per heavy atom. The lowest BCUT2D eigenvalue weighted by atomic mass is 10.2. The summed E-state index contributed by atoms with van der Waals surface area (Å²) in [6, 6.07) is 1.47. The molecule has 0 saturated carbocycles. The van der Waals surface area contributed by atoms with Crippen molar-refractivity contribution in [3.05, 3.63) is 53.9 Å². The molecule has 0 aliphatic heterocycles. The van der Waals surface area contributed by atoms with Gasteiger partial charge in [-0.15, -0.1) is 0 Å². The fourth-order valence-corrected chi connectivity index (χ4v) is 2.22. The molecule has 5 heteroatoms. The molecule has 26 heavy (non-hydrogen) atoms. The van der Waals surface area contributed by atoms with Crippen LogP contribution in [0.5, 0.6) is 0 Å². The van der Waals surface area contributed by atoms with Crippen molar-refractivity contribution in [2.45, 2.75) is 52.4 Å². The predicted octanol–water partition coefficient (Wildman–Crippen LogP) is 4.89. The highest BCUT2D eigenvalue weighted by Crippen LogP contribution is 2.08. The van der Waals surface area contributed by atoms with Gasteiger partial charge in [-0.05, 0) is 58.4 Å². The molecular weight excluding hydrogens is 330 g/mol. The minimum Gasteiger partial charge on any atom is -0.462 e. The minimum atomic E-state index is -0.468. The topological polar surface area (TPSA) is 65.5 Å². The van der Waals surface area contributed by atoms with Crippen LogP contribution in [-0.4, -0.2) is 30.1 Å². The number of nitrogens with zero attached hydrogens (tertiary/aromatic N) is 1. The molecule has 1 rings (SSSR count). The molecule has 0 bridgehead atoms. The number of unbranched alkanes of at least 4 members (excludes halogenated alkanes) is 4. The molecule has 0 fully saturated rings. The molecule has 0 saturated heterocycles. The number of allylic oxidation sites excluding steroid dienone is 4. The summed E-state index contributed by atoms with van der Waals surface area (Å²) in [6.45, 7) is 4.68. The second-order valence-corrected chi connectivity index (χ2v) is 5.86. The predicted molar refractivity (Wildman–Crippen MR) is 102 cm³/mol. The van der Waals surface area contributed by atoms with Crippen LogP contribution in [0, 0.1) is 0 Å². The van der Waals surface area contributed by atoms with Gasteiger partial charge in [-0.3, -0.25) is 4.98 Å². The van der Waals surface area contributed by atoms with Crippen LogP contribution in [0.4, 0.5) is 0 Å². The van der Waals surface area contributed by atoms with Crippen molar-refractivity contribution in [2.24, 2.45) is 0 Å². The SMILES string of the molecule is C/C=C/CCCCOC(=O)c1cncc(C(=O)OCCCC/C=C/C)c1. The van der Waals surface area contributed by atoms with E-state index in [1.54, 1.807) is 0 Å². The van der Waals surface area contributed by atoms with Gasteiger partial charge in [0.15, 0.2) is 0 Å². The Bertz CT molecular complexity index is 559. The Kier molecular flexibility index (Phi) is 11.5. The third-order valence-corrected chi connectivity index (χ3v) is 3.68. The molecule has 142 valence electrons. The number of carbonyl (C=O) groups is 2. The summed E-state index contributed by atoms with van der Waals surface area (Å²) in [5.41, 5.74) is 0.530. The van der Waals surface area contributed by atoms with Crippen molar-refractivity contribution in [1.29, 1.82) is 0 Å². The molecular formula is C21H29NO4. The lowest BCUT2D eigenvalue weighted by Crippen LogP contribution is -2.11. The van der Waals surface area contributed by atoms with Gasteiger partial charge in [0.2, 0.25) is 0 Å². The molecule has 1 aromatic rings. The zero-order chi connectivity index (χ0) is 19.0. The van der Waals surface area contributed by atoms with E-state index in [2.05, 4.69) is 17.1 Å². The second kappa shape index (κ2) is 13.8. The molecule has 0 aromatic carbocycles. The number of pyridine rings is 1. The van der Waals surface area contributed by atoms with E-state index < -0.39 is 11.9 Å². The number of hydrogen-bond donors (Lipinski definition) is 0. The highest BCUT2D eigenvalue weighted by Gasteiger charge is 2.13. The monoisotopic (exact) mass is 359 g/mol. The van der Waals surface area contributed by atoms with E-state index in [9.17, 15) is 9.59 Å². The van der Waals surface area contributed by atoms with E-state index in [1.165, 1.54) is 18.5 Å². The van der Waals surface area contributed by atoms with Gasteiger partial charge in [-0.1, -0.05) is 24.3 Å². The third-order valence-electron chi connectivity index (χ3n) is 3.68. The van der Waals surface area contributed by atoms with Crippen LogP contribution >= 0.6 is 0 Å². The molecule has 1 heterocycles. The summed E-state index contributed by atoms with van der Waals surface area (Å²) >= 11 is 0. The maximum absolute atomic E-state index is 12.0. The Labute approximate surface area is 156 Å². The molecule has 0 unspecified atom stereocenters. The summed E-state index contributed by atoms with van der Waals surface area (Å²) in [7, 11) is 0. The van der Waals surface area contributed by atoms with Gasteiger partial charge in [-0.25, -0.2) is 9.59 Å². The Hall–Kier alpha value is -2.43. The van der Waals surface area contributed by atoms with Crippen LogP contribution in [0.25, 0.3) is 0 Å². The molecule has 0 aliphatic rings. The van der Waals surface area contributed by atoms with Crippen LogP contribution in [0.15, 0.2) is 42.8 Å². The normalized spacial score (nSPS) is 11.2. The Balaban J connectivity index is 2.38. The second-order valence-electron chi connectivity index (χ2n) is 5.86. The summed E-state index contributed by atoms with van der Waals surface area (Å²) < 4.78 is 10.4. The van der Waals surface area contributed by atoms with Crippen LogP contribution in [0.1, 0.15) is 73.1 Å². The first-order chi connectivity index (χ1) is 12.7. The van der Waals surface area contributed by atoms with E-state index in [0.29, 0.717) is 13.2 Å². The summed E-state index contributed by atoms with van der Waals surface area (Å²) in [5.74, 6) is -0.936. The summed E-state index contributed by atoms with van der Waals surface area (Å²) in [5, 5.41) is 0. The van der Waals surface area contributed by atoms with Crippen molar-refractivity contribution < 1.29 is 19.1 Å². The molecule has 0 aliphatic carbocycles. The lowest BCUT2D eigenvalue weighted by molar-refractivity contribution is 0.0496.